The number of hydrogen-bond acceptors (Lipinski definition) is 7. The predicted octanol–water partition coefficient (Wildman–Crippen LogP) is 4.84. The number of nitrogens with zero attached hydrogens (tertiary/aromatic N) is 1. The Labute approximate surface area is 193 Å². The average molecular weight is 481 g/mol. The van der Waals surface area contributed by atoms with E-state index in [1.165, 1.54) is 18.9 Å². The van der Waals surface area contributed by atoms with Gasteiger partial charge < -0.3 is 19.5 Å². The molecule has 1 saturated heterocycles. The first kappa shape index (κ1) is 23.0. The van der Waals surface area contributed by atoms with Crippen molar-refractivity contribution in [1.29, 1.82) is 0 Å². The fourth-order valence-electron chi connectivity index (χ4n) is 2.52. The van der Waals surface area contributed by atoms with Gasteiger partial charge in [0.25, 0.3) is 5.91 Å². The number of halogens is 2. The zero-order chi connectivity index (χ0) is 22.4. The van der Waals surface area contributed by atoms with Crippen LogP contribution < -0.4 is 14.8 Å². The van der Waals surface area contributed by atoms with Gasteiger partial charge in [-0.1, -0.05) is 23.2 Å². The highest BCUT2D eigenvalue weighted by molar-refractivity contribution is 8.18. The van der Waals surface area contributed by atoms with Gasteiger partial charge in [0, 0.05) is 0 Å². The Hall–Kier alpha value is -2.68. The second-order valence-electron chi connectivity index (χ2n) is 6.09. The summed E-state index contributed by atoms with van der Waals surface area (Å²) < 4.78 is 15.2. The number of amides is 1. The maximum absolute atomic E-state index is 12.3. The maximum atomic E-state index is 12.3. The topological polar surface area (TPSA) is 86.2 Å². The summed E-state index contributed by atoms with van der Waals surface area (Å²) in [6.07, 6.45) is 1.64. The van der Waals surface area contributed by atoms with Gasteiger partial charge >= 0.3 is 5.97 Å². The highest BCUT2D eigenvalue weighted by atomic mass is 35.5. The Balaban J connectivity index is 1.74. The van der Waals surface area contributed by atoms with E-state index >= 15 is 0 Å². The minimum absolute atomic E-state index is 0.164. The molecule has 0 unspecified atom stereocenters. The molecule has 31 heavy (non-hydrogen) atoms. The van der Waals surface area contributed by atoms with E-state index in [4.69, 9.17) is 32.7 Å². The van der Waals surface area contributed by atoms with Gasteiger partial charge in [0.2, 0.25) is 0 Å². The van der Waals surface area contributed by atoms with Crippen molar-refractivity contribution < 1.29 is 23.8 Å². The van der Waals surface area contributed by atoms with Gasteiger partial charge in [-0.2, -0.15) is 0 Å². The van der Waals surface area contributed by atoms with Crippen molar-refractivity contribution in [2.75, 3.05) is 20.3 Å². The molecule has 0 bridgehead atoms. The smallest absolute Gasteiger partial charge is 0.343 e. The number of methoxy groups -OCH3 is 1. The van der Waals surface area contributed by atoms with Gasteiger partial charge in [0.15, 0.2) is 17.5 Å². The first-order chi connectivity index (χ1) is 14.9. The molecule has 0 saturated carbocycles. The van der Waals surface area contributed by atoms with Gasteiger partial charge in [-0.15, -0.1) is 0 Å². The van der Waals surface area contributed by atoms with Crippen molar-refractivity contribution in [3.63, 3.8) is 0 Å². The number of carbonyl (C=O) groups excluding carboxylic acids is 2. The molecular weight excluding hydrogens is 463 g/mol. The van der Waals surface area contributed by atoms with Crippen LogP contribution in [0.25, 0.3) is 6.08 Å². The largest absolute Gasteiger partial charge is 0.494 e. The van der Waals surface area contributed by atoms with E-state index in [0.717, 1.165) is 5.75 Å². The van der Waals surface area contributed by atoms with Gasteiger partial charge in [0.05, 0.1) is 34.4 Å². The van der Waals surface area contributed by atoms with E-state index < -0.39 is 5.97 Å². The standard InChI is InChI=1S/C21H18Cl2N2O5S/c1-3-29-14-6-4-13(5-7-14)24-21-25-20(27)17(31-21)10-12-8-15(22)19(16(23)9-12)30-11-18(26)28-2/h4-10H,3,11H2,1-2H3,(H,24,25,27). The number of ether oxygens (including phenoxy) is 3. The Bertz CT molecular complexity index is 1030. The van der Waals surface area contributed by atoms with Gasteiger partial charge in [-0.05, 0) is 66.7 Å². The van der Waals surface area contributed by atoms with Crippen LogP contribution in [0.5, 0.6) is 11.5 Å². The molecular formula is C21H18Cl2N2O5S. The van der Waals surface area contributed by atoms with Crippen molar-refractivity contribution in [2.45, 2.75) is 6.92 Å². The monoisotopic (exact) mass is 480 g/mol. The van der Waals surface area contributed by atoms with Crippen molar-refractivity contribution in [3.8, 4) is 11.5 Å². The summed E-state index contributed by atoms with van der Waals surface area (Å²) in [6.45, 7) is 2.18. The molecule has 0 aromatic heterocycles. The highest BCUT2D eigenvalue weighted by Gasteiger charge is 2.24. The number of benzene rings is 2. The van der Waals surface area contributed by atoms with E-state index in [1.54, 1.807) is 30.3 Å². The quantitative estimate of drug-likeness (QED) is 0.450. The summed E-state index contributed by atoms with van der Waals surface area (Å²) in [5, 5.41) is 3.59. The molecule has 1 fully saturated rings. The summed E-state index contributed by atoms with van der Waals surface area (Å²) in [7, 11) is 1.25. The van der Waals surface area contributed by atoms with E-state index in [0.29, 0.717) is 27.9 Å². The number of thioether (sulfide) groups is 1. The van der Waals surface area contributed by atoms with Crippen molar-refractivity contribution in [2.24, 2.45) is 4.99 Å². The van der Waals surface area contributed by atoms with Crippen LogP contribution in [0.1, 0.15) is 12.5 Å². The lowest BCUT2D eigenvalue weighted by Crippen LogP contribution is -2.19. The molecule has 0 spiro atoms. The zero-order valence-electron chi connectivity index (χ0n) is 16.6. The third-order valence-corrected chi connectivity index (χ3v) is 5.38. The van der Waals surface area contributed by atoms with Crippen molar-refractivity contribution in [1.82, 2.24) is 5.32 Å². The fraction of sp³-hybridized carbons (Fsp3) is 0.190. The highest BCUT2D eigenvalue weighted by Crippen LogP contribution is 2.36. The second-order valence-corrected chi connectivity index (χ2v) is 7.93. The zero-order valence-corrected chi connectivity index (χ0v) is 18.9. The number of esters is 1. The summed E-state index contributed by atoms with van der Waals surface area (Å²) in [5.41, 5.74) is 1.28. The van der Waals surface area contributed by atoms with Crippen LogP contribution in [0.15, 0.2) is 46.3 Å². The van der Waals surface area contributed by atoms with E-state index in [1.807, 2.05) is 19.1 Å². The lowest BCUT2D eigenvalue weighted by molar-refractivity contribution is -0.142. The lowest BCUT2D eigenvalue weighted by Gasteiger charge is -2.10. The molecule has 1 aliphatic rings. The minimum atomic E-state index is -0.559. The molecule has 0 aliphatic carbocycles. The Morgan fingerprint density at radius 3 is 2.45 bits per heavy atom. The molecule has 2 aromatic rings. The Kier molecular flexibility index (Phi) is 7.84. The van der Waals surface area contributed by atoms with Crippen LogP contribution in [0, 0.1) is 0 Å². The first-order valence-corrected chi connectivity index (χ1v) is 10.7. The first-order valence-electron chi connectivity index (χ1n) is 9.10. The number of hydrogen-bond donors (Lipinski definition) is 1. The van der Waals surface area contributed by atoms with Gasteiger partial charge in [-0.25, -0.2) is 9.79 Å². The molecule has 162 valence electrons. The summed E-state index contributed by atoms with van der Waals surface area (Å²) in [4.78, 5) is 28.4. The summed E-state index contributed by atoms with van der Waals surface area (Å²) >= 11 is 13.6. The molecule has 2 aromatic carbocycles. The lowest BCUT2D eigenvalue weighted by atomic mass is 10.2. The number of aliphatic imine (C=N–C) groups is 1. The molecule has 1 N–H and O–H groups in total. The third-order valence-electron chi connectivity index (χ3n) is 3.91. The SMILES string of the molecule is CCOc1ccc(N=C2NC(=O)C(=Cc3cc(Cl)c(OCC(=O)OC)c(Cl)c3)S2)cc1. The average Bonchev–Trinajstić information content (AvgIpc) is 3.07. The molecule has 10 heteroatoms. The van der Waals surface area contributed by atoms with Crippen LogP contribution in [0.4, 0.5) is 5.69 Å². The molecule has 1 amide bonds. The van der Waals surface area contributed by atoms with Crippen LogP contribution in [0.2, 0.25) is 10.0 Å². The van der Waals surface area contributed by atoms with Crippen LogP contribution in [-0.4, -0.2) is 37.4 Å². The fourth-order valence-corrected chi connectivity index (χ4v) is 3.98. The molecule has 7 nitrogen and oxygen atoms in total. The molecule has 1 heterocycles. The van der Waals surface area contributed by atoms with Crippen molar-refractivity contribution >= 4 is 63.8 Å². The normalized spacial score (nSPS) is 15.8. The summed E-state index contributed by atoms with van der Waals surface area (Å²) in [5.74, 6) is 0.0738. The number of nitrogens with one attached hydrogen (secondary N) is 1. The Morgan fingerprint density at radius 2 is 1.84 bits per heavy atom. The predicted molar refractivity (Wildman–Crippen MR) is 122 cm³/mol. The van der Waals surface area contributed by atoms with Crippen LogP contribution >= 0.6 is 35.0 Å². The third kappa shape index (κ3) is 6.16. The van der Waals surface area contributed by atoms with E-state index in [9.17, 15) is 9.59 Å². The van der Waals surface area contributed by atoms with E-state index in [2.05, 4.69) is 15.0 Å². The van der Waals surface area contributed by atoms with Crippen LogP contribution in [0.3, 0.4) is 0 Å². The number of amidine groups is 1. The Morgan fingerprint density at radius 1 is 1.16 bits per heavy atom. The number of carbonyl (C=O) groups is 2. The van der Waals surface area contributed by atoms with Gasteiger partial charge in [0.1, 0.15) is 5.75 Å². The minimum Gasteiger partial charge on any atom is -0.494 e. The second kappa shape index (κ2) is 10.6. The van der Waals surface area contributed by atoms with E-state index in [-0.39, 0.29) is 28.3 Å². The van der Waals surface area contributed by atoms with Crippen LogP contribution in [-0.2, 0) is 14.3 Å². The molecule has 0 radical (unpaired) electrons. The maximum Gasteiger partial charge on any atom is 0.343 e. The van der Waals surface area contributed by atoms with Gasteiger partial charge in [-0.3, -0.25) is 4.79 Å². The molecule has 0 atom stereocenters. The molecule has 1 aliphatic heterocycles. The summed E-state index contributed by atoms with van der Waals surface area (Å²) in [6, 6.07) is 10.4. The molecule has 3 rings (SSSR count). The number of rotatable bonds is 7. The van der Waals surface area contributed by atoms with Crippen molar-refractivity contribution in [3.05, 3.63) is 56.9 Å².